The highest BCUT2D eigenvalue weighted by molar-refractivity contribution is 7.90. The Balaban J connectivity index is 1.69. The van der Waals surface area contributed by atoms with Gasteiger partial charge in [0.15, 0.2) is 0 Å². The number of hydrogen-bond donors (Lipinski definition) is 4. The van der Waals surface area contributed by atoms with Crippen molar-refractivity contribution in [2.75, 3.05) is 10.6 Å². The summed E-state index contributed by atoms with van der Waals surface area (Å²) in [6.07, 6.45) is 0. The largest absolute Gasteiger partial charge is 0.506 e. The molecule has 0 unspecified atom stereocenters. The minimum atomic E-state index is -4.02. The molecule has 0 aliphatic carbocycles. The number of fused-ring (bicyclic) bond motifs is 2. The molecule has 0 spiro atoms. The molecule has 0 saturated heterocycles. The Morgan fingerprint density at radius 2 is 2.04 bits per heavy atom. The Morgan fingerprint density at radius 3 is 2.84 bits per heavy atom. The van der Waals surface area contributed by atoms with E-state index in [9.17, 15) is 18.3 Å². The van der Waals surface area contributed by atoms with E-state index < -0.39 is 10.0 Å². The predicted octanol–water partition coefficient (Wildman–Crippen LogP) is 1.87. The van der Waals surface area contributed by atoms with Gasteiger partial charge in [-0.2, -0.15) is 8.42 Å². The second-order valence-corrected chi connectivity index (χ2v) is 7.53. The van der Waals surface area contributed by atoms with Gasteiger partial charge in [0.25, 0.3) is 15.9 Å². The van der Waals surface area contributed by atoms with Gasteiger partial charge in [0.1, 0.15) is 16.3 Å². The molecular weight excluding hydrogens is 368 g/mol. The molecule has 10 heteroatoms. The average molecular weight is 379 g/mol. The first-order valence-corrected chi connectivity index (χ1v) is 8.98. The molecule has 1 amide bonds. The molecule has 2 aromatic rings. The van der Waals surface area contributed by atoms with Crippen LogP contribution in [0, 0.1) is 0 Å². The third-order valence-electron chi connectivity index (χ3n) is 3.83. The molecule has 8 nitrogen and oxygen atoms in total. The van der Waals surface area contributed by atoms with Gasteiger partial charge in [0, 0.05) is 28.9 Å². The fourth-order valence-electron chi connectivity index (χ4n) is 2.71. The molecule has 0 aromatic heterocycles. The van der Waals surface area contributed by atoms with Crippen molar-refractivity contribution in [3.63, 3.8) is 0 Å². The zero-order chi connectivity index (χ0) is 17.8. The van der Waals surface area contributed by atoms with E-state index in [0.717, 1.165) is 5.56 Å². The van der Waals surface area contributed by atoms with Crippen molar-refractivity contribution < 1.29 is 18.3 Å². The number of carbonyl (C=O) groups is 1. The lowest BCUT2D eigenvalue weighted by Crippen LogP contribution is -2.28. The average Bonchev–Trinajstić information content (AvgIpc) is 2.89. The van der Waals surface area contributed by atoms with Gasteiger partial charge >= 0.3 is 0 Å². The van der Waals surface area contributed by atoms with Gasteiger partial charge in [0.2, 0.25) is 5.96 Å². The molecule has 0 fully saturated rings. The summed E-state index contributed by atoms with van der Waals surface area (Å²) in [4.78, 5) is 11.4. The second-order valence-electron chi connectivity index (χ2n) is 5.52. The number of carbonyl (C=O) groups excluding carboxylic acids is 1. The van der Waals surface area contributed by atoms with Gasteiger partial charge in [-0.1, -0.05) is 11.6 Å². The van der Waals surface area contributed by atoms with Gasteiger partial charge in [-0.05, 0) is 29.8 Å². The molecule has 2 aliphatic heterocycles. The summed E-state index contributed by atoms with van der Waals surface area (Å²) in [6, 6.07) is 7.45. The summed E-state index contributed by atoms with van der Waals surface area (Å²) < 4.78 is 28.3. The number of nitrogens with zero attached hydrogens (tertiary/aromatic N) is 1. The maximum atomic E-state index is 12.3. The maximum Gasteiger partial charge on any atom is 0.287 e. The SMILES string of the molecule is O=C1NCc2cc(NC3=NS(=O)(=O)c4cc(Cl)cc(O)c4N3)ccc21. The minimum Gasteiger partial charge on any atom is -0.506 e. The van der Waals surface area contributed by atoms with Crippen LogP contribution in [0.3, 0.4) is 0 Å². The van der Waals surface area contributed by atoms with Gasteiger partial charge in [-0.25, -0.2) is 0 Å². The Bertz CT molecular complexity index is 1070. The first kappa shape index (κ1) is 15.7. The number of benzene rings is 2. The van der Waals surface area contributed by atoms with Crippen LogP contribution in [0.4, 0.5) is 11.4 Å². The number of amides is 1. The van der Waals surface area contributed by atoms with Gasteiger partial charge < -0.3 is 21.1 Å². The lowest BCUT2D eigenvalue weighted by molar-refractivity contribution is 0.0965. The number of phenols is 1. The zero-order valence-electron chi connectivity index (χ0n) is 12.5. The molecule has 4 N–H and O–H groups in total. The van der Waals surface area contributed by atoms with Crippen molar-refractivity contribution in [1.29, 1.82) is 0 Å². The summed E-state index contributed by atoms with van der Waals surface area (Å²) in [6.45, 7) is 0.407. The molecule has 2 aliphatic rings. The number of phenolic OH excluding ortho intramolecular Hbond substituents is 1. The molecule has 0 saturated carbocycles. The smallest absolute Gasteiger partial charge is 0.287 e. The predicted molar refractivity (Wildman–Crippen MR) is 92.6 cm³/mol. The number of halogens is 1. The molecular formula is C15H11ClN4O4S. The van der Waals surface area contributed by atoms with Crippen LogP contribution in [0.5, 0.6) is 5.75 Å². The highest BCUT2D eigenvalue weighted by atomic mass is 35.5. The number of anilines is 2. The van der Waals surface area contributed by atoms with Crippen molar-refractivity contribution in [3.8, 4) is 5.75 Å². The summed E-state index contributed by atoms with van der Waals surface area (Å²) in [5, 5.41) is 18.3. The first-order chi connectivity index (χ1) is 11.8. The monoisotopic (exact) mass is 378 g/mol. The number of nitrogens with one attached hydrogen (secondary N) is 3. The molecule has 25 heavy (non-hydrogen) atoms. The van der Waals surface area contributed by atoms with Crippen molar-refractivity contribution in [2.24, 2.45) is 4.40 Å². The van der Waals surface area contributed by atoms with Crippen LogP contribution in [-0.4, -0.2) is 25.4 Å². The highest BCUT2D eigenvalue weighted by Gasteiger charge is 2.28. The minimum absolute atomic E-state index is 0.0000885. The number of sulfonamides is 1. The summed E-state index contributed by atoms with van der Waals surface area (Å²) in [7, 11) is -4.02. The standard InChI is InChI=1S/C15H11ClN4O4S/c16-8-4-11(21)13-12(5-8)25(23,24)20-15(19-13)18-9-1-2-10-7(3-9)6-17-14(10)22/h1-5,21H,6H2,(H,17,22)(H2,18,19,20). The normalized spacial score (nSPS) is 17.0. The van der Waals surface area contributed by atoms with Crippen LogP contribution >= 0.6 is 11.6 Å². The fraction of sp³-hybridized carbons (Fsp3) is 0.0667. The van der Waals surface area contributed by atoms with E-state index in [1.54, 1.807) is 18.2 Å². The zero-order valence-corrected chi connectivity index (χ0v) is 14.1. The maximum absolute atomic E-state index is 12.3. The second kappa shape index (κ2) is 5.36. The Hall–Kier alpha value is -2.78. The lowest BCUT2D eigenvalue weighted by Gasteiger charge is -2.20. The summed E-state index contributed by atoms with van der Waals surface area (Å²) in [5.41, 5.74) is 1.92. The van der Waals surface area contributed by atoms with Crippen molar-refractivity contribution in [2.45, 2.75) is 11.4 Å². The highest BCUT2D eigenvalue weighted by Crippen LogP contribution is 2.37. The Morgan fingerprint density at radius 1 is 1.24 bits per heavy atom. The van der Waals surface area contributed by atoms with Crippen molar-refractivity contribution >= 4 is 44.9 Å². The third-order valence-corrected chi connectivity index (χ3v) is 5.35. The van der Waals surface area contributed by atoms with Gasteiger partial charge in [-0.15, -0.1) is 4.40 Å². The van der Waals surface area contributed by atoms with E-state index in [1.165, 1.54) is 12.1 Å². The van der Waals surface area contributed by atoms with E-state index in [2.05, 4.69) is 20.3 Å². The molecule has 0 atom stereocenters. The van der Waals surface area contributed by atoms with Crippen LogP contribution < -0.4 is 16.0 Å². The van der Waals surface area contributed by atoms with E-state index in [-0.39, 0.29) is 33.2 Å². The quantitative estimate of drug-likeness (QED) is 0.562. The summed E-state index contributed by atoms with van der Waals surface area (Å²) >= 11 is 5.79. The van der Waals surface area contributed by atoms with Crippen molar-refractivity contribution in [1.82, 2.24) is 5.32 Å². The van der Waals surface area contributed by atoms with Crippen LogP contribution in [0.1, 0.15) is 15.9 Å². The van der Waals surface area contributed by atoms with Crippen LogP contribution in [-0.2, 0) is 16.6 Å². The van der Waals surface area contributed by atoms with Crippen molar-refractivity contribution in [3.05, 3.63) is 46.5 Å². The Kier molecular flexibility index (Phi) is 3.37. The lowest BCUT2D eigenvalue weighted by atomic mass is 10.1. The fourth-order valence-corrected chi connectivity index (χ4v) is 4.11. The third kappa shape index (κ3) is 2.67. The molecule has 0 radical (unpaired) electrons. The number of hydrogen-bond acceptors (Lipinski definition) is 6. The van der Waals surface area contributed by atoms with Crippen LogP contribution in [0.25, 0.3) is 0 Å². The van der Waals surface area contributed by atoms with E-state index in [4.69, 9.17) is 11.6 Å². The molecule has 0 bridgehead atoms. The number of aromatic hydroxyl groups is 1. The van der Waals surface area contributed by atoms with E-state index >= 15 is 0 Å². The summed E-state index contributed by atoms with van der Waals surface area (Å²) in [5.74, 6) is -0.514. The molecule has 2 heterocycles. The topological polar surface area (TPSA) is 120 Å². The van der Waals surface area contributed by atoms with Crippen LogP contribution in [0.2, 0.25) is 5.02 Å². The number of guanidine groups is 1. The van der Waals surface area contributed by atoms with Gasteiger partial charge in [-0.3, -0.25) is 4.79 Å². The molecule has 128 valence electrons. The van der Waals surface area contributed by atoms with Crippen LogP contribution in [0.15, 0.2) is 39.6 Å². The van der Waals surface area contributed by atoms with E-state index in [0.29, 0.717) is 17.8 Å². The molecule has 4 rings (SSSR count). The Labute approximate surface area is 147 Å². The van der Waals surface area contributed by atoms with Gasteiger partial charge in [0.05, 0.1) is 0 Å². The number of rotatable bonds is 1. The molecule has 2 aromatic carbocycles. The first-order valence-electron chi connectivity index (χ1n) is 7.16. The van der Waals surface area contributed by atoms with E-state index in [1.807, 2.05) is 0 Å².